The molecule has 0 radical (unpaired) electrons. The molecule has 0 saturated carbocycles. The second-order valence-electron chi connectivity index (χ2n) is 13.0. The zero-order chi connectivity index (χ0) is 33.7. The van der Waals surface area contributed by atoms with Crippen LogP contribution < -0.4 is 0 Å². The van der Waals surface area contributed by atoms with Crippen LogP contribution >= 0.6 is 11.3 Å². The normalized spacial score (nSPS) is 11.5. The van der Waals surface area contributed by atoms with E-state index < -0.39 is 0 Å². The second-order valence-corrected chi connectivity index (χ2v) is 14.1. The smallest absolute Gasteiger partial charge is 0.160 e. The number of hydrogen-bond donors (Lipinski definition) is 0. The number of fused-ring (bicyclic) bond motifs is 5. The SMILES string of the molecule is c1ccc(-c2ccc3c(c2)sc2c(-c4ccc(-c5ccc6ccccc6c5)cc4)nc(-c4ccc(-c5ccc6ccccc6c5)cc4)nc23)cc1. The summed E-state index contributed by atoms with van der Waals surface area (Å²) < 4.78 is 2.31. The summed E-state index contributed by atoms with van der Waals surface area (Å²) >= 11 is 1.77. The first kappa shape index (κ1) is 29.5. The fraction of sp³-hybridized carbons (Fsp3) is 0. The second kappa shape index (κ2) is 12.2. The molecule has 0 aliphatic rings. The van der Waals surface area contributed by atoms with Crippen LogP contribution in [0.2, 0.25) is 0 Å². The van der Waals surface area contributed by atoms with Crippen LogP contribution in [0, 0.1) is 0 Å². The van der Waals surface area contributed by atoms with Crippen molar-refractivity contribution in [3.05, 3.63) is 182 Å². The van der Waals surface area contributed by atoms with E-state index in [1.165, 1.54) is 59.6 Å². The Morgan fingerprint density at radius 2 is 0.804 bits per heavy atom. The highest BCUT2D eigenvalue weighted by Crippen LogP contribution is 2.41. The Labute approximate surface area is 300 Å². The lowest BCUT2D eigenvalue weighted by atomic mass is 9.99. The third-order valence-electron chi connectivity index (χ3n) is 9.89. The highest BCUT2D eigenvalue weighted by Gasteiger charge is 2.18. The zero-order valence-corrected chi connectivity index (χ0v) is 28.4. The Balaban J connectivity index is 1.09. The first-order valence-electron chi connectivity index (χ1n) is 17.2. The van der Waals surface area contributed by atoms with Crippen LogP contribution in [0.4, 0.5) is 0 Å². The average Bonchev–Trinajstić information content (AvgIpc) is 3.58. The predicted octanol–water partition coefficient (Wildman–Crippen LogP) is 13.5. The summed E-state index contributed by atoms with van der Waals surface area (Å²) in [7, 11) is 0. The number of benzene rings is 8. The molecule has 51 heavy (non-hydrogen) atoms. The van der Waals surface area contributed by atoms with E-state index in [0.717, 1.165) is 38.2 Å². The van der Waals surface area contributed by atoms with Gasteiger partial charge in [-0.2, -0.15) is 0 Å². The number of aromatic nitrogens is 2. The molecular weight excluding hydrogens is 637 g/mol. The molecule has 10 rings (SSSR count). The summed E-state index contributed by atoms with van der Waals surface area (Å²) in [6.07, 6.45) is 0. The van der Waals surface area contributed by atoms with Gasteiger partial charge in [0.2, 0.25) is 0 Å². The lowest BCUT2D eigenvalue weighted by Crippen LogP contribution is -1.94. The first-order valence-corrected chi connectivity index (χ1v) is 18.0. The monoisotopic (exact) mass is 666 g/mol. The van der Waals surface area contributed by atoms with Crippen molar-refractivity contribution in [1.29, 1.82) is 0 Å². The van der Waals surface area contributed by atoms with Gasteiger partial charge in [0, 0.05) is 21.2 Å². The van der Waals surface area contributed by atoms with Crippen molar-refractivity contribution in [2.75, 3.05) is 0 Å². The van der Waals surface area contributed by atoms with Crippen molar-refractivity contribution in [2.45, 2.75) is 0 Å². The summed E-state index contributed by atoms with van der Waals surface area (Å²) in [5.74, 6) is 0.730. The largest absolute Gasteiger partial charge is 0.226 e. The van der Waals surface area contributed by atoms with E-state index >= 15 is 0 Å². The van der Waals surface area contributed by atoms with E-state index in [9.17, 15) is 0 Å². The van der Waals surface area contributed by atoms with Gasteiger partial charge >= 0.3 is 0 Å². The molecule has 2 nitrogen and oxygen atoms in total. The number of hydrogen-bond acceptors (Lipinski definition) is 3. The Morgan fingerprint density at radius 3 is 1.43 bits per heavy atom. The van der Waals surface area contributed by atoms with Crippen molar-refractivity contribution in [3.63, 3.8) is 0 Å². The van der Waals surface area contributed by atoms with Gasteiger partial charge in [-0.3, -0.25) is 0 Å². The molecule has 3 heteroatoms. The minimum Gasteiger partial charge on any atom is -0.226 e. The van der Waals surface area contributed by atoms with E-state index in [-0.39, 0.29) is 0 Å². The molecule has 0 aliphatic carbocycles. The van der Waals surface area contributed by atoms with Crippen molar-refractivity contribution in [1.82, 2.24) is 9.97 Å². The van der Waals surface area contributed by atoms with Crippen LogP contribution in [0.3, 0.4) is 0 Å². The van der Waals surface area contributed by atoms with E-state index in [1.54, 1.807) is 11.3 Å². The van der Waals surface area contributed by atoms with Gasteiger partial charge in [-0.05, 0) is 73.1 Å². The molecule has 2 aromatic heterocycles. The molecule has 0 saturated heterocycles. The highest BCUT2D eigenvalue weighted by molar-refractivity contribution is 7.26. The first-order chi connectivity index (χ1) is 25.2. The molecule has 0 N–H and O–H groups in total. The molecule has 0 fully saturated rings. The van der Waals surface area contributed by atoms with Gasteiger partial charge in [0.1, 0.15) is 0 Å². The van der Waals surface area contributed by atoms with Gasteiger partial charge in [0.25, 0.3) is 0 Å². The molecule has 0 spiro atoms. The van der Waals surface area contributed by atoms with Crippen molar-refractivity contribution < 1.29 is 0 Å². The topological polar surface area (TPSA) is 25.8 Å². The molecule has 8 aromatic carbocycles. The molecular formula is C48H30N2S. The van der Waals surface area contributed by atoms with Crippen molar-refractivity contribution in [2.24, 2.45) is 0 Å². The summed E-state index contributed by atoms with van der Waals surface area (Å²) in [6.45, 7) is 0. The fourth-order valence-electron chi connectivity index (χ4n) is 7.15. The van der Waals surface area contributed by atoms with E-state index in [4.69, 9.17) is 9.97 Å². The molecule has 10 aromatic rings. The van der Waals surface area contributed by atoms with Gasteiger partial charge in [0.05, 0.1) is 15.9 Å². The Kier molecular flexibility index (Phi) is 7.04. The maximum Gasteiger partial charge on any atom is 0.160 e. The zero-order valence-electron chi connectivity index (χ0n) is 27.6. The molecule has 238 valence electrons. The summed E-state index contributed by atoms with van der Waals surface area (Å²) in [5.41, 5.74) is 11.2. The fourth-order valence-corrected chi connectivity index (χ4v) is 8.34. The minimum absolute atomic E-state index is 0.730. The van der Waals surface area contributed by atoms with E-state index in [2.05, 4.69) is 182 Å². The predicted molar refractivity (Wildman–Crippen MR) is 217 cm³/mol. The lowest BCUT2D eigenvalue weighted by Gasteiger charge is -2.10. The highest BCUT2D eigenvalue weighted by atomic mass is 32.1. The van der Waals surface area contributed by atoms with Crippen LogP contribution in [0.25, 0.3) is 97.9 Å². The Bertz CT molecular complexity index is 2890. The van der Waals surface area contributed by atoms with Gasteiger partial charge < -0.3 is 0 Å². The Morgan fingerprint density at radius 1 is 0.333 bits per heavy atom. The standard InChI is InChI=1S/C48H30N2S/c1-2-8-31(9-3-1)42-26-27-43-44(30-42)51-47-45(36-20-14-34(15-21-36)40-24-18-32-10-4-6-12-38(32)28-40)49-48(50-46(43)47)37-22-16-35(17-23-37)41-25-19-33-11-5-7-13-39(33)29-41/h1-30H. The number of thiophene rings is 1. The van der Waals surface area contributed by atoms with Gasteiger partial charge in [-0.15, -0.1) is 11.3 Å². The maximum atomic E-state index is 5.30. The molecule has 0 aliphatic heterocycles. The minimum atomic E-state index is 0.730. The molecule has 2 heterocycles. The number of rotatable bonds is 5. The van der Waals surface area contributed by atoms with Crippen LogP contribution in [0.5, 0.6) is 0 Å². The van der Waals surface area contributed by atoms with Crippen LogP contribution in [-0.2, 0) is 0 Å². The summed E-state index contributed by atoms with van der Waals surface area (Å²) in [6, 6.07) is 65.1. The third kappa shape index (κ3) is 5.36. The maximum absolute atomic E-state index is 5.30. The van der Waals surface area contributed by atoms with Crippen molar-refractivity contribution >= 4 is 53.2 Å². The Hall–Kier alpha value is -6.42. The molecule has 0 atom stereocenters. The third-order valence-corrected chi connectivity index (χ3v) is 11.0. The van der Waals surface area contributed by atoms with Crippen LogP contribution in [0.1, 0.15) is 0 Å². The van der Waals surface area contributed by atoms with Crippen molar-refractivity contribution in [3.8, 4) is 56.0 Å². The van der Waals surface area contributed by atoms with Crippen LogP contribution in [0.15, 0.2) is 182 Å². The van der Waals surface area contributed by atoms with E-state index in [0.29, 0.717) is 0 Å². The quantitative estimate of drug-likeness (QED) is 0.183. The van der Waals surface area contributed by atoms with Crippen LogP contribution in [-0.4, -0.2) is 9.97 Å². The number of nitrogens with zero attached hydrogens (tertiary/aromatic N) is 2. The summed E-state index contributed by atoms with van der Waals surface area (Å²) in [5, 5.41) is 6.13. The molecule has 0 amide bonds. The van der Waals surface area contributed by atoms with Gasteiger partial charge in [-0.1, -0.05) is 164 Å². The molecule has 0 bridgehead atoms. The van der Waals surface area contributed by atoms with E-state index in [1.807, 2.05) is 0 Å². The average molecular weight is 667 g/mol. The summed E-state index contributed by atoms with van der Waals surface area (Å²) in [4.78, 5) is 10.6. The van der Waals surface area contributed by atoms with Gasteiger partial charge in [-0.25, -0.2) is 9.97 Å². The van der Waals surface area contributed by atoms with Gasteiger partial charge in [0.15, 0.2) is 5.82 Å². The lowest BCUT2D eigenvalue weighted by molar-refractivity contribution is 1.24. The molecule has 0 unspecified atom stereocenters.